The molecular formula is C13H21N7OS. The maximum absolute atomic E-state index is 12.0. The zero-order valence-corrected chi connectivity index (χ0v) is 13.8. The molecule has 2 aromatic rings. The molecular weight excluding hydrogens is 302 g/mol. The van der Waals surface area contributed by atoms with E-state index in [0.29, 0.717) is 13.1 Å². The first kappa shape index (κ1) is 16.3. The normalized spacial score (nSPS) is 10.7. The van der Waals surface area contributed by atoms with Gasteiger partial charge in [0.25, 0.3) is 0 Å². The Morgan fingerprint density at radius 3 is 2.86 bits per heavy atom. The molecule has 8 nitrogen and oxygen atoms in total. The zero-order valence-electron chi connectivity index (χ0n) is 13.0. The van der Waals surface area contributed by atoms with Crippen molar-refractivity contribution in [2.45, 2.75) is 25.4 Å². The van der Waals surface area contributed by atoms with Crippen LogP contribution in [-0.4, -0.2) is 62.2 Å². The first-order chi connectivity index (χ1) is 10.6. The van der Waals surface area contributed by atoms with Crippen LogP contribution < -0.4 is 5.32 Å². The van der Waals surface area contributed by atoms with Gasteiger partial charge in [0.2, 0.25) is 0 Å². The number of hydrogen-bond acceptors (Lipinski definition) is 5. The number of H-pyrrole nitrogens is 2. The number of aromatic amines is 2. The van der Waals surface area contributed by atoms with E-state index in [2.05, 4.69) is 30.7 Å². The molecule has 3 N–H and O–H groups in total. The van der Waals surface area contributed by atoms with Crippen molar-refractivity contribution in [3.8, 4) is 0 Å². The highest BCUT2D eigenvalue weighted by Gasteiger charge is 2.11. The number of aromatic nitrogens is 5. The number of carbonyl (C=O) groups excluding carboxylic acids is 1. The van der Waals surface area contributed by atoms with Crippen molar-refractivity contribution in [2.24, 2.45) is 0 Å². The van der Waals surface area contributed by atoms with Crippen molar-refractivity contribution >= 4 is 17.8 Å². The molecule has 0 saturated carbocycles. The third-order valence-corrected chi connectivity index (χ3v) is 4.21. The van der Waals surface area contributed by atoms with Gasteiger partial charge in [-0.3, -0.25) is 10.2 Å². The summed E-state index contributed by atoms with van der Waals surface area (Å²) >= 11 is 1.52. The molecule has 0 radical (unpaired) electrons. The molecule has 120 valence electrons. The molecule has 2 heterocycles. The molecule has 0 fully saturated rings. The topological polar surface area (TPSA) is 103 Å². The molecule has 9 heteroatoms. The van der Waals surface area contributed by atoms with Gasteiger partial charge in [-0.25, -0.2) is 9.78 Å². The Morgan fingerprint density at radius 2 is 2.23 bits per heavy atom. The van der Waals surface area contributed by atoms with Crippen LogP contribution in [0.1, 0.15) is 17.0 Å². The minimum absolute atomic E-state index is 0.0722. The highest BCUT2D eigenvalue weighted by molar-refractivity contribution is 7.99. The van der Waals surface area contributed by atoms with Gasteiger partial charge in [0.05, 0.1) is 5.69 Å². The predicted molar refractivity (Wildman–Crippen MR) is 84.9 cm³/mol. The number of rotatable bonds is 7. The molecule has 0 aliphatic rings. The van der Waals surface area contributed by atoms with E-state index in [-0.39, 0.29) is 6.03 Å². The second-order valence-electron chi connectivity index (χ2n) is 4.96. The predicted octanol–water partition coefficient (Wildman–Crippen LogP) is 1.12. The van der Waals surface area contributed by atoms with Crippen molar-refractivity contribution in [1.82, 2.24) is 35.6 Å². The van der Waals surface area contributed by atoms with Crippen molar-refractivity contribution in [3.63, 3.8) is 0 Å². The summed E-state index contributed by atoms with van der Waals surface area (Å²) in [5, 5.41) is 17.3. The summed E-state index contributed by atoms with van der Waals surface area (Å²) in [6.45, 7) is 5.20. The molecule has 0 aliphatic heterocycles. The zero-order chi connectivity index (χ0) is 15.9. The largest absolute Gasteiger partial charge is 0.337 e. The standard InChI is InChI=1S/C13H21N7OS/c1-9-11(10(2)18-17-9)4-6-20(3)13(21)14-5-7-22-12-15-8-16-19-12/h8H,4-7H2,1-3H3,(H,14,21)(H,17,18)(H,15,16,19). The number of thioether (sulfide) groups is 1. The van der Waals surface area contributed by atoms with Crippen molar-refractivity contribution in [1.29, 1.82) is 0 Å². The van der Waals surface area contributed by atoms with Crippen molar-refractivity contribution in [2.75, 3.05) is 25.9 Å². The molecule has 0 atom stereocenters. The third kappa shape index (κ3) is 4.48. The molecule has 0 unspecified atom stereocenters. The summed E-state index contributed by atoms with van der Waals surface area (Å²) in [7, 11) is 1.80. The van der Waals surface area contributed by atoms with E-state index in [4.69, 9.17) is 0 Å². The summed E-state index contributed by atoms with van der Waals surface area (Å²) in [6, 6.07) is -0.0722. The molecule has 0 spiro atoms. The third-order valence-electron chi connectivity index (χ3n) is 3.33. The summed E-state index contributed by atoms with van der Waals surface area (Å²) in [6.07, 6.45) is 2.26. The minimum Gasteiger partial charge on any atom is -0.337 e. The van der Waals surface area contributed by atoms with Gasteiger partial charge in [0.15, 0.2) is 5.16 Å². The van der Waals surface area contributed by atoms with Gasteiger partial charge in [0, 0.05) is 31.6 Å². The van der Waals surface area contributed by atoms with E-state index in [0.717, 1.165) is 28.7 Å². The molecule has 0 bridgehead atoms. The number of nitrogens with one attached hydrogen (secondary N) is 3. The Kier molecular flexibility index (Phi) is 5.82. The fraction of sp³-hybridized carbons (Fsp3) is 0.538. The SMILES string of the molecule is Cc1n[nH]c(C)c1CCN(C)C(=O)NCCSc1ncn[nH]1. The molecule has 0 aromatic carbocycles. The minimum atomic E-state index is -0.0722. The van der Waals surface area contributed by atoms with E-state index >= 15 is 0 Å². The Bertz CT molecular complexity index is 576. The van der Waals surface area contributed by atoms with E-state index < -0.39 is 0 Å². The van der Waals surface area contributed by atoms with Gasteiger partial charge < -0.3 is 10.2 Å². The lowest BCUT2D eigenvalue weighted by molar-refractivity contribution is 0.210. The summed E-state index contributed by atoms with van der Waals surface area (Å²) in [5.41, 5.74) is 3.24. The Labute approximate surface area is 133 Å². The Balaban J connectivity index is 1.66. The van der Waals surface area contributed by atoms with Gasteiger partial charge in [0.1, 0.15) is 6.33 Å². The van der Waals surface area contributed by atoms with E-state index in [1.807, 2.05) is 13.8 Å². The lowest BCUT2D eigenvalue weighted by Crippen LogP contribution is -2.39. The Hall–Kier alpha value is -2.03. The van der Waals surface area contributed by atoms with Crippen LogP contribution in [0.4, 0.5) is 4.79 Å². The first-order valence-electron chi connectivity index (χ1n) is 7.05. The summed E-state index contributed by atoms with van der Waals surface area (Å²) < 4.78 is 0. The number of hydrogen-bond donors (Lipinski definition) is 3. The van der Waals surface area contributed by atoms with Gasteiger partial charge in [-0.15, -0.1) is 0 Å². The highest BCUT2D eigenvalue weighted by Crippen LogP contribution is 2.11. The molecule has 2 rings (SSSR count). The average molecular weight is 323 g/mol. The number of amides is 2. The van der Waals surface area contributed by atoms with Gasteiger partial charge in [-0.05, 0) is 25.8 Å². The molecule has 0 aliphatic carbocycles. The van der Waals surface area contributed by atoms with Crippen LogP contribution in [0.25, 0.3) is 0 Å². The second kappa shape index (κ2) is 7.83. The van der Waals surface area contributed by atoms with Crippen LogP contribution in [0, 0.1) is 13.8 Å². The number of likely N-dealkylation sites (N-methyl/N-ethyl adjacent to an activating group) is 1. The molecule has 2 aromatic heterocycles. The highest BCUT2D eigenvalue weighted by atomic mass is 32.2. The van der Waals surface area contributed by atoms with Crippen LogP contribution in [-0.2, 0) is 6.42 Å². The maximum atomic E-state index is 12.0. The number of aryl methyl sites for hydroxylation is 2. The maximum Gasteiger partial charge on any atom is 0.317 e. The number of urea groups is 1. The molecule has 0 saturated heterocycles. The molecule has 22 heavy (non-hydrogen) atoms. The van der Waals surface area contributed by atoms with Crippen LogP contribution in [0.15, 0.2) is 11.5 Å². The monoisotopic (exact) mass is 323 g/mol. The molecule has 2 amide bonds. The van der Waals surface area contributed by atoms with Gasteiger partial charge >= 0.3 is 6.03 Å². The van der Waals surface area contributed by atoms with E-state index in [9.17, 15) is 4.79 Å². The van der Waals surface area contributed by atoms with Crippen LogP contribution >= 0.6 is 11.8 Å². The van der Waals surface area contributed by atoms with Crippen LogP contribution in [0.2, 0.25) is 0 Å². The second-order valence-corrected chi connectivity index (χ2v) is 6.04. The van der Waals surface area contributed by atoms with Crippen LogP contribution in [0.3, 0.4) is 0 Å². The van der Waals surface area contributed by atoms with E-state index in [1.54, 1.807) is 11.9 Å². The van der Waals surface area contributed by atoms with Gasteiger partial charge in [-0.2, -0.15) is 10.2 Å². The van der Waals surface area contributed by atoms with Crippen molar-refractivity contribution < 1.29 is 4.79 Å². The summed E-state index contributed by atoms with van der Waals surface area (Å²) in [5.74, 6) is 0.745. The fourth-order valence-corrected chi connectivity index (χ4v) is 2.66. The Morgan fingerprint density at radius 1 is 1.41 bits per heavy atom. The van der Waals surface area contributed by atoms with Crippen molar-refractivity contribution in [3.05, 3.63) is 23.3 Å². The quantitative estimate of drug-likeness (QED) is 0.523. The first-order valence-corrected chi connectivity index (χ1v) is 8.04. The van der Waals surface area contributed by atoms with E-state index in [1.165, 1.54) is 23.7 Å². The smallest absolute Gasteiger partial charge is 0.317 e. The number of carbonyl (C=O) groups is 1. The van der Waals surface area contributed by atoms with Gasteiger partial charge in [-0.1, -0.05) is 11.8 Å². The lowest BCUT2D eigenvalue weighted by Gasteiger charge is -2.17. The average Bonchev–Trinajstić information content (AvgIpc) is 3.12. The number of nitrogens with zero attached hydrogens (tertiary/aromatic N) is 4. The fourth-order valence-electron chi connectivity index (χ4n) is 2.03. The summed E-state index contributed by atoms with van der Waals surface area (Å²) in [4.78, 5) is 17.7. The van der Waals surface area contributed by atoms with Crippen LogP contribution in [0.5, 0.6) is 0 Å². The lowest BCUT2D eigenvalue weighted by atomic mass is 10.1.